The first-order chi connectivity index (χ1) is 7.56. The van der Waals surface area contributed by atoms with Crippen molar-refractivity contribution in [3.05, 3.63) is 0 Å². The van der Waals surface area contributed by atoms with E-state index in [-0.39, 0.29) is 0 Å². The van der Waals surface area contributed by atoms with Crippen LogP contribution in [0.5, 0.6) is 0 Å². The van der Waals surface area contributed by atoms with Gasteiger partial charge in [-0.15, -0.1) is 0 Å². The van der Waals surface area contributed by atoms with Crippen LogP contribution in [0.4, 0.5) is 0 Å². The van der Waals surface area contributed by atoms with Crippen LogP contribution >= 0.6 is 0 Å². The lowest BCUT2D eigenvalue weighted by molar-refractivity contribution is -0.178. The van der Waals surface area contributed by atoms with E-state index in [0.29, 0.717) is 6.92 Å². The number of hydrogen-bond acceptors (Lipinski definition) is 4. The molecule has 0 saturated carbocycles. The molecule has 0 aliphatic rings. The van der Waals surface area contributed by atoms with Gasteiger partial charge in [-0.2, -0.15) is 0 Å². The molecular weight excluding hydrogens is 236 g/mol. The Kier molecular flexibility index (Phi) is 4.21. The normalized spacial score (nSPS) is 14.7. The fourth-order valence-corrected chi connectivity index (χ4v) is 1.46. The molecule has 0 aromatic rings. The van der Waals surface area contributed by atoms with Crippen molar-refractivity contribution < 1.29 is 39.6 Å². The molecule has 0 aromatic carbocycles. The molecule has 17 heavy (non-hydrogen) atoms. The van der Waals surface area contributed by atoms with Crippen molar-refractivity contribution >= 4 is 23.9 Å². The van der Waals surface area contributed by atoms with E-state index >= 15 is 0 Å². The summed E-state index contributed by atoms with van der Waals surface area (Å²) >= 11 is 0. The van der Waals surface area contributed by atoms with Crippen LogP contribution in [0.25, 0.3) is 0 Å². The fourth-order valence-electron chi connectivity index (χ4n) is 1.46. The molecule has 96 valence electrons. The van der Waals surface area contributed by atoms with Crippen molar-refractivity contribution in [1.29, 1.82) is 0 Å². The Morgan fingerprint density at radius 1 is 0.882 bits per heavy atom. The molecule has 0 aromatic heterocycles. The van der Waals surface area contributed by atoms with E-state index in [1.165, 1.54) is 0 Å². The molecule has 0 bridgehead atoms. The summed E-state index contributed by atoms with van der Waals surface area (Å²) in [5.41, 5.74) is -2.70. The highest BCUT2D eigenvalue weighted by molar-refractivity contribution is 6.02. The summed E-state index contributed by atoms with van der Waals surface area (Å²) in [6, 6.07) is 0. The van der Waals surface area contributed by atoms with Gasteiger partial charge in [-0.3, -0.25) is 19.2 Å². The Morgan fingerprint density at radius 2 is 1.24 bits per heavy atom. The van der Waals surface area contributed by atoms with Crippen LogP contribution in [0, 0.1) is 17.3 Å². The summed E-state index contributed by atoms with van der Waals surface area (Å²) in [6.45, 7) is 1.63. The Balaban J connectivity index is 5.74. The minimum atomic E-state index is -2.70. The van der Waals surface area contributed by atoms with Crippen LogP contribution in [0.1, 0.15) is 13.8 Å². The van der Waals surface area contributed by atoms with Gasteiger partial charge < -0.3 is 20.4 Å². The number of carbonyl (C=O) groups is 4. The Hall–Kier alpha value is -2.12. The first-order valence-corrected chi connectivity index (χ1v) is 4.49. The zero-order chi connectivity index (χ0) is 14.0. The minimum absolute atomic E-state index is 0.676. The van der Waals surface area contributed by atoms with Gasteiger partial charge in [0.25, 0.3) is 0 Å². The van der Waals surface area contributed by atoms with E-state index in [1.54, 1.807) is 0 Å². The largest absolute Gasteiger partial charge is 0.481 e. The molecule has 2 atom stereocenters. The van der Waals surface area contributed by atoms with Crippen LogP contribution in [-0.4, -0.2) is 44.3 Å². The quantitative estimate of drug-likeness (QED) is 0.463. The van der Waals surface area contributed by atoms with Crippen molar-refractivity contribution in [3.63, 3.8) is 0 Å². The predicted octanol–water partition coefficient (Wildman–Crippen LogP) is -0.417. The molecule has 8 heteroatoms. The molecule has 0 aliphatic heterocycles. The van der Waals surface area contributed by atoms with Crippen molar-refractivity contribution in [2.45, 2.75) is 13.8 Å². The first kappa shape index (κ1) is 14.9. The maximum Gasteiger partial charge on any atom is 0.321 e. The van der Waals surface area contributed by atoms with Gasteiger partial charge in [0.15, 0.2) is 5.41 Å². The molecule has 4 N–H and O–H groups in total. The van der Waals surface area contributed by atoms with E-state index in [4.69, 9.17) is 20.4 Å². The van der Waals surface area contributed by atoms with Crippen LogP contribution in [0.2, 0.25) is 0 Å². The SMILES string of the molecule is CC(C(=O)O)C(C(=O)O)C(C)(C(=O)O)C(=O)O. The molecule has 0 aliphatic carbocycles. The average Bonchev–Trinajstić information content (AvgIpc) is 2.15. The molecule has 2 unspecified atom stereocenters. The second kappa shape index (κ2) is 4.81. The Morgan fingerprint density at radius 3 is 1.41 bits per heavy atom. The highest BCUT2D eigenvalue weighted by Gasteiger charge is 2.56. The lowest BCUT2D eigenvalue weighted by Crippen LogP contribution is -2.50. The van der Waals surface area contributed by atoms with Crippen molar-refractivity contribution in [3.8, 4) is 0 Å². The third-order valence-corrected chi connectivity index (χ3v) is 2.67. The van der Waals surface area contributed by atoms with Gasteiger partial charge in [0, 0.05) is 0 Å². The second-order valence-electron chi connectivity index (χ2n) is 3.76. The number of carboxylic acid groups (broad SMARTS) is 4. The third kappa shape index (κ3) is 2.52. The zero-order valence-corrected chi connectivity index (χ0v) is 9.08. The molecule has 0 radical (unpaired) electrons. The smallest absolute Gasteiger partial charge is 0.321 e. The summed E-state index contributed by atoms with van der Waals surface area (Å²) in [4.78, 5) is 43.4. The minimum Gasteiger partial charge on any atom is -0.481 e. The zero-order valence-electron chi connectivity index (χ0n) is 9.08. The standard InChI is InChI=1S/C9H12O8/c1-3(5(10)11)4(6(12)13)9(2,7(14)15)8(16)17/h3-4H,1-2H3,(H,10,11)(H,12,13)(H,14,15)(H,16,17). The van der Waals surface area contributed by atoms with Crippen LogP contribution in [0.3, 0.4) is 0 Å². The molecule has 0 spiro atoms. The van der Waals surface area contributed by atoms with Gasteiger partial charge in [0.1, 0.15) is 0 Å². The maximum atomic E-state index is 10.9. The monoisotopic (exact) mass is 248 g/mol. The van der Waals surface area contributed by atoms with Crippen LogP contribution in [-0.2, 0) is 19.2 Å². The molecule has 0 fully saturated rings. The number of hydrogen-bond donors (Lipinski definition) is 4. The number of carboxylic acids is 4. The topological polar surface area (TPSA) is 149 Å². The van der Waals surface area contributed by atoms with Gasteiger partial charge in [-0.05, 0) is 6.92 Å². The summed E-state index contributed by atoms with van der Waals surface area (Å²) < 4.78 is 0. The lowest BCUT2D eigenvalue weighted by Gasteiger charge is -2.29. The molecule has 8 nitrogen and oxygen atoms in total. The maximum absolute atomic E-state index is 10.9. The Labute approximate surface area is 95.5 Å². The molecule has 0 saturated heterocycles. The summed E-state index contributed by atoms with van der Waals surface area (Å²) in [5, 5.41) is 35.1. The third-order valence-electron chi connectivity index (χ3n) is 2.67. The average molecular weight is 248 g/mol. The van der Waals surface area contributed by atoms with Gasteiger partial charge in [-0.25, -0.2) is 0 Å². The van der Waals surface area contributed by atoms with Crippen molar-refractivity contribution in [2.75, 3.05) is 0 Å². The first-order valence-electron chi connectivity index (χ1n) is 4.49. The van der Waals surface area contributed by atoms with Gasteiger partial charge >= 0.3 is 23.9 Å². The van der Waals surface area contributed by atoms with Crippen LogP contribution < -0.4 is 0 Å². The molecular formula is C9H12O8. The Bertz CT molecular complexity index is 357. The fraction of sp³-hybridized carbons (Fsp3) is 0.556. The van der Waals surface area contributed by atoms with Crippen LogP contribution in [0.15, 0.2) is 0 Å². The van der Waals surface area contributed by atoms with E-state index in [9.17, 15) is 19.2 Å². The number of aliphatic carboxylic acids is 4. The van der Waals surface area contributed by atoms with Crippen molar-refractivity contribution in [2.24, 2.45) is 17.3 Å². The van der Waals surface area contributed by atoms with E-state index in [0.717, 1.165) is 6.92 Å². The highest BCUT2D eigenvalue weighted by atomic mass is 16.4. The molecule has 0 amide bonds. The summed E-state index contributed by atoms with van der Waals surface area (Å²) in [5.74, 6) is -10.9. The summed E-state index contributed by atoms with van der Waals surface area (Å²) in [7, 11) is 0. The predicted molar refractivity (Wildman–Crippen MR) is 51.3 cm³/mol. The van der Waals surface area contributed by atoms with E-state index in [2.05, 4.69) is 0 Å². The summed E-state index contributed by atoms with van der Waals surface area (Å²) in [6.07, 6.45) is 0. The van der Waals surface area contributed by atoms with Gasteiger partial charge in [0.05, 0.1) is 11.8 Å². The van der Waals surface area contributed by atoms with E-state index in [1.807, 2.05) is 0 Å². The lowest BCUT2D eigenvalue weighted by atomic mass is 9.71. The highest BCUT2D eigenvalue weighted by Crippen LogP contribution is 2.34. The number of rotatable bonds is 6. The van der Waals surface area contributed by atoms with E-state index < -0.39 is 41.1 Å². The molecule has 0 heterocycles. The van der Waals surface area contributed by atoms with Gasteiger partial charge in [-0.1, -0.05) is 6.92 Å². The van der Waals surface area contributed by atoms with Crippen molar-refractivity contribution in [1.82, 2.24) is 0 Å². The van der Waals surface area contributed by atoms with Gasteiger partial charge in [0.2, 0.25) is 0 Å². The molecule has 0 rings (SSSR count). The second-order valence-corrected chi connectivity index (χ2v) is 3.76.